The molecule has 0 aliphatic carbocycles. The van der Waals surface area contributed by atoms with E-state index < -0.39 is 0 Å². The molecule has 0 aliphatic rings. The highest BCUT2D eigenvalue weighted by molar-refractivity contribution is 7.98. The summed E-state index contributed by atoms with van der Waals surface area (Å²) in [5, 5.41) is 0. The van der Waals surface area contributed by atoms with E-state index in [2.05, 4.69) is 26.2 Å². The lowest BCUT2D eigenvalue weighted by molar-refractivity contribution is 0.410. The summed E-state index contributed by atoms with van der Waals surface area (Å²) < 4.78 is 5.23. The molecule has 0 saturated heterocycles. The van der Waals surface area contributed by atoms with Gasteiger partial charge in [0.2, 0.25) is 0 Å². The summed E-state index contributed by atoms with van der Waals surface area (Å²) in [7, 11) is 1.71. The Labute approximate surface area is 78.1 Å². The lowest BCUT2D eigenvalue weighted by Gasteiger charge is -2.10. The minimum atomic E-state index is 0.977. The van der Waals surface area contributed by atoms with E-state index in [4.69, 9.17) is 4.74 Å². The average molecular weight is 182 g/mol. The molecule has 12 heavy (non-hydrogen) atoms. The number of benzene rings is 1. The fourth-order valence-electron chi connectivity index (χ4n) is 1.34. The van der Waals surface area contributed by atoms with E-state index >= 15 is 0 Å². The lowest BCUT2D eigenvalue weighted by atomic mass is 10.1. The lowest BCUT2D eigenvalue weighted by Crippen LogP contribution is -1.91. The molecule has 66 valence electrons. The molecule has 0 amide bonds. The minimum absolute atomic E-state index is 0.977. The second-order valence-corrected chi connectivity index (χ2v) is 3.56. The van der Waals surface area contributed by atoms with E-state index in [-0.39, 0.29) is 0 Å². The number of hydrogen-bond donors (Lipinski definition) is 0. The predicted molar refractivity (Wildman–Crippen MR) is 54.2 cm³/mol. The standard InChI is InChI=1S/C10H14OS/c1-7-5-6-9(11-3)8(2)10(7)12-4/h5-6H,1-4H3. The molecule has 0 fully saturated rings. The third kappa shape index (κ3) is 1.58. The Hall–Kier alpha value is -0.630. The first-order chi connectivity index (χ1) is 5.70. The van der Waals surface area contributed by atoms with Crippen LogP contribution in [0.1, 0.15) is 11.1 Å². The molecule has 1 aromatic carbocycles. The van der Waals surface area contributed by atoms with Crippen LogP contribution in [-0.2, 0) is 0 Å². The maximum Gasteiger partial charge on any atom is 0.122 e. The van der Waals surface area contributed by atoms with Gasteiger partial charge in [-0.05, 0) is 31.7 Å². The zero-order valence-electron chi connectivity index (χ0n) is 7.97. The highest BCUT2D eigenvalue weighted by atomic mass is 32.2. The molecule has 0 saturated carbocycles. The number of ether oxygens (including phenoxy) is 1. The van der Waals surface area contributed by atoms with E-state index in [0.717, 1.165) is 5.75 Å². The van der Waals surface area contributed by atoms with E-state index in [1.54, 1.807) is 18.9 Å². The third-order valence-electron chi connectivity index (χ3n) is 1.98. The van der Waals surface area contributed by atoms with Crippen LogP contribution in [0, 0.1) is 13.8 Å². The molecule has 0 aliphatic heterocycles. The van der Waals surface area contributed by atoms with Gasteiger partial charge in [-0.25, -0.2) is 0 Å². The Bertz CT molecular complexity index is 281. The Kier molecular flexibility index (Phi) is 3.04. The molecule has 1 rings (SSSR count). The van der Waals surface area contributed by atoms with Crippen molar-refractivity contribution in [3.8, 4) is 5.75 Å². The van der Waals surface area contributed by atoms with E-state index in [1.807, 2.05) is 6.07 Å². The molecule has 1 nitrogen and oxygen atoms in total. The molecule has 0 spiro atoms. The largest absolute Gasteiger partial charge is 0.496 e. The van der Waals surface area contributed by atoms with Crippen LogP contribution < -0.4 is 4.74 Å². The minimum Gasteiger partial charge on any atom is -0.496 e. The van der Waals surface area contributed by atoms with Gasteiger partial charge in [0.25, 0.3) is 0 Å². The number of thioether (sulfide) groups is 1. The second-order valence-electron chi connectivity index (χ2n) is 2.74. The van der Waals surface area contributed by atoms with Crippen LogP contribution in [0.4, 0.5) is 0 Å². The monoisotopic (exact) mass is 182 g/mol. The van der Waals surface area contributed by atoms with E-state index in [0.29, 0.717) is 0 Å². The first-order valence-corrected chi connectivity index (χ1v) is 5.11. The molecule has 2 heteroatoms. The maximum atomic E-state index is 5.23. The maximum absolute atomic E-state index is 5.23. The third-order valence-corrected chi connectivity index (χ3v) is 3.01. The summed E-state index contributed by atoms with van der Waals surface area (Å²) in [6.45, 7) is 4.22. The van der Waals surface area contributed by atoms with Gasteiger partial charge >= 0.3 is 0 Å². The Morgan fingerprint density at radius 2 is 1.92 bits per heavy atom. The van der Waals surface area contributed by atoms with Crippen LogP contribution in [-0.4, -0.2) is 13.4 Å². The average Bonchev–Trinajstić information content (AvgIpc) is 2.06. The van der Waals surface area contributed by atoms with Gasteiger partial charge in [0.15, 0.2) is 0 Å². The van der Waals surface area contributed by atoms with E-state index in [9.17, 15) is 0 Å². The second kappa shape index (κ2) is 3.85. The first kappa shape index (κ1) is 9.46. The van der Waals surface area contributed by atoms with Gasteiger partial charge in [0.05, 0.1) is 7.11 Å². The van der Waals surface area contributed by atoms with Crippen LogP contribution in [0.15, 0.2) is 17.0 Å². The van der Waals surface area contributed by atoms with Gasteiger partial charge in [-0.3, -0.25) is 0 Å². The van der Waals surface area contributed by atoms with Crippen LogP contribution in [0.3, 0.4) is 0 Å². The molecular weight excluding hydrogens is 168 g/mol. The molecule has 0 atom stereocenters. The molecule has 1 aromatic rings. The van der Waals surface area contributed by atoms with Crippen molar-refractivity contribution >= 4 is 11.8 Å². The summed E-state index contributed by atoms with van der Waals surface area (Å²) >= 11 is 1.77. The van der Waals surface area contributed by atoms with Crippen molar-refractivity contribution in [1.82, 2.24) is 0 Å². The van der Waals surface area contributed by atoms with Crippen molar-refractivity contribution in [3.05, 3.63) is 23.3 Å². The fourth-order valence-corrected chi connectivity index (χ4v) is 2.14. The molecule has 0 heterocycles. The quantitative estimate of drug-likeness (QED) is 0.650. The van der Waals surface area contributed by atoms with Crippen molar-refractivity contribution in [2.45, 2.75) is 18.7 Å². The smallest absolute Gasteiger partial charge is 0.122 e. The molecule has 0 radical (unpaired) electrons. The predicted octanol–water partition coefficient (Wildman–Crippen LogP) is 3.03. The normalized spacial score (nSPS) is 10.0. The van der Waals surface area contributed by atoms with Gasteiger partial charge in [-0.2, -0.15) is 0 Å². The fraction of sp³-hybridized carbons (Fsp3) is 0.400. The highest BCUT2D eigenvalue weighted by Gasteiger charge is 2.05. The Morgan fingerprint density at radius 3 is 2.42 bits per heavy atom. The van der Waals surface area contributed by atoms with Crippen LogP contribution in [0.5, 0.6) is 5.75 Å². The number of hydrogen-bond acceptors (Lipinski definition) is 2. The summed E-state index contributed by atoms with van der Waals surface area (Å²) in [5.74, 6) is 0.977. The molecule has 0 N–H and O–H groups in total. The van der Waals surface area contributed by atoms with Gasteiger partial charge in [-0.15, -0.1) is 11.8 Å². The summed E-state index contributed by atoms with van der Waals surface area (Å²) in [6.07, 6.45) is 2.09. The van der Waals surface area contributed by atoms with Crippen molar-refractivity contribution in [1.29, 1.82) is 0 Å². The molecule has 0 bridgehead atoms. The molecule has 0 unspecified atom stereocenters. The topological polar surface area (TPSA) is 9.23 Å². The van der Waals surface area contributed by atoms with Crippen molar-refractivity contribution in [2.75, 3.05) is 13.4 Å². The molecule has 0 aromatic heterocycles. The molecular formula is C10H14OS. The number of aryl methyl sites for hydroxylation is 1. The summed E-state index contributed by atoms with van der Waals surface area (Å²) in [6, 6.07) is 4.11. The van der Waals surface area contributed by atoms with Crippen LogP contribution >= 0.6 is 11.8 Å². The number of methoxy groups -OCH3 is 1. The van der Waals surface area contributed by atoms with Gasteiger partial charge in [0.1, 0.15) is 5.75 Å². The van der Waals surface area contributed by atoms with Crippen molar-refractivity contribution in [2.24, 2.45) is 0 Å². The van der Waals surface area contributed by atoms with Crippen molar-refractivity contribution in [3.63, 3.8) is 0 Å². The summed E-state index contributed by atoms with van der Waals surface area (Å²) in [5.41, 5.74) is 2.56. The van der Waals surface area contributed by atoms with Crippen molar-refractivity contribution < 1.29 is 4.74 Å². The van der Waals surface area contributed by atoms with Crippen LogP contribution in [0.25, 0.3) is 0 Å². The van der Waals surface area contributed by atoms with Crippen LogP contribution in [0.2, 0.25) is 0 Å². The Balaban J connectivity index is 3.24. The Morgan fingerprint density at radius 1 is 1.25 bits per heavy atom. The zero-order valence-corrected chi connectivity index (χ0v) is 8.79. The SMILES string of the molecule is COc1ccc(C)c(SC)c1C. The first-order valence-electron chi connectivity index (χ1n) is 3.89. The zero-order chi connectivity index (χ0) is 9.14. The van der Waals surface area contributed by atoms with E-state index in [1.165, 1.54) is 16.0 Å². The number of rotatable bonds is 2. The van der Waals surface area contributed by atoms with Gasteiger partial charge in [-0.1, -0.05) is 6.07 Å². The van der Waals surface area contributed by atoms with Gasteiger partial charge in [0, 0.05) is 10.5 Å². The van der Waals surface area contributed by atoms with Gasteiger partial charge < -0.3 is 4.74 Å². The highest BCUT2D eigenvalue weighted by Crippen LogP contribution is 2.30. The summed E-state index contributed by atoms with van der Waals surface area (Å²) in [4.78, 5) is 1.33.